The average molecular weight is 326 g/mol. The van der Waals surface area contributed by atoms with E-state index in [0.29, 0.717) is 19.6 Å². The number of amides is 2. The van der Waals surface area contributed by atoms with Crippen molar-refractivity contribution in [2.45, 2.75) is 0 Å². The monoisotopic (exact) mass is 326 g/mol. The smallest absolute Gasteiger partial charge is 0.247 e. The molecule has 1 aromatic heterocycles. The first-order chi connectivity index (χ1) is 11.5. The lowest BCUT2D eigenvalue weighted by Gasteiger charge is -2.33. The molecule has 0 radical (unpaired) electrons. The summed E-state index contributed by atoms with van der Waals surface area (Å²) in [4.78, 5) is 33.1. The van der Waals surface area contributed by atoms with Crippen LogP contribution in [0, 0.1) is 0 Å². The molecule has 6 heteroatoms. The van der Waals surface area contributed by atoms with Crippen LogP contribution >= 0.6 is 0 Å². The molecule has 0 saturated carbocycles. The molecule has 126 valence electrons. The Balaban J connectivity index is 1.66. The summed E-state index contributed by atoms with van der Waals surface area (Å²) in [5.41, 5.74) is 1.01. The predicted octanol–water partition coefficient (Wildman–Crippen LogP) is 1.46. The summed E-state index contributed by atoms with van der Waals surface area (Å²) >= 11 is 0. The first-order valence-electron chi connectivity index (χ1n) is 8.03. The summed E-state index contributed by atoms with van der Waals surface area (Å²) in [6.45, 7) is 1.85. The van der Waals surface area contributed by atoms with Crippen LogP contribution in [0.25, 0.3) is 10.9 Å². The molecular formula is C18H22N4O2. The largest absolute Gasteiger partial charge is 0.341 e. The van der Waals surface area contributed by atoms with Crippen LogP contribution in [0.5, 0.6) is 0 Å². The van der Waals surface area contributed by atoms with Crippen LogP contribution in [0.4, 0.5) is 5.82 Å². The third kappa shape index (κ3) is 3.49. The summed E-state index contributed by atoms with van der Waals surface area (Å²) in [6, 6.07) is 9.90. The molecule has 0 atom stereocenters. The van der Waals surface area contributed by atoms with Crippen LogP contribution in [-0.2, 0) is 9.59 Å². The van der Waals surface area contributed by atoms with E-state index in [2.05, 4.69) is 4.98 Å². The number of aromatic amines is 1. The molecule has 1 aromatic carbocycles. The molecule has 3 rings (SSSR count). The molecule has 0 unspecified atom stereocenters. The van der Waals surface area contributed by atoms with Gasteiger partial charge >= 0.3 is 0 Å². The molecule has 2 heterocycles. The quantitative estimate of drug-likeness (QED) is 0.866. The Morgan fingerprint density at radius 1 is 1.29 bits per heavy atom. The lowest BCUT2D eigenvalue weighted by Crippen LogP contribution is -2.52. The maximum atomic E-state index is 12.4. The van der Waals surface area contributed by atoms with Gasteiger partial charge in [0.1, 0.15) is 12.4 Å². The molecule has 2 amide bonds. The molecule has 1 saturated heterocycles. The van der Waals surface area contributed by atoms with Gasteiger partial charge in [-0.05, 0) is 26.2 Å². The number of nitrogens with zero attached hydrogens (tertiary/aromatic N) is 3. The van der Waals surface area contributed by atoms with Crippen molar-refractivity contribution >= 4 is 28.5 Å². The second-order valence-corrected chi connectivity index (χ2v) is 6.21. The Morgan fingerprint density at radius 2 is 2.08 bits per heavy atom. The number of nitrogens with one attached hydrogen (secondary N) is 1. The van der Waals surface area contributed by atoms with E-state index in [1.165, 1.54) is 0 Å². The van der Waals surface area contributed by atoms with Crippen molar-refractivity contribution < 1.29 is 9.59 Å². The summed E-state index contributed by atoms with van der Waals surface area (Å²) in [6.07, 6.45) is 3.36. The highest BCUT2D eigenvalue weighted by Gasteiger charge is 2.27. The number of anilines is 1. The second-order valence-electron chi connectivity index (χ2n) is 6.21. The van der Waals surface area contributed by atoms with Gasteiger partial charge in [0.2, 0.25) is 11.8 Å². The van der Waals surface area contributed by atoms with Gasteiger partial charge in [-0.15, -0.1) is 0 Å². The summed E-state index contributed by atoms with van der Waals surface area (Å²) in [5.74, 6) is 0.611. The number of likely N-dealkylation sites (N-methyl/N-ethyl adjacent to an activating group) is 1. The minimum atomic E-state index is -0.110. The lowest BCUT2D eigenvalue weighted by molar-refractivity contribution is -0.133. The lowest BCUT2D eigenvalue weighted by atomic mass is 10.2. The summed E-state index contributed by atoms with van der Waals surface area (Å²) < 4.78 is 0. The SMILES string of the molecule is CN(C)C/C=C/C(=O)N1CCN(c2cc3ccccc3[nH]2)C(=O)C1. The third-order valence-corrected chi connectivity index (χ3v) is 4.07. The van der Waals surface area contributed by atoms with Gasteiger partial charge in [-0.2, -0.15) is 0 Å². The van der Waals surface area contributed by atoms with Gasteiger partial charge in [0.25, 0.3) is 0 Å². The van der Waals surface area contributed by atoms with Crippen LogP contribution < -0.4 is 4.90 Å². The van der Waals surface area contributed by atoms with E-state index in [1.807, 2.05) is 55.4 Å². The van der Waals surface area contributed by atoms with Gasteiger partial charge in [0.15, 0.2) is 0 Å². The molecule has 24 heavy (non-hydrogen) atoms. The zero-order valence-corrected chi connectivity index (χ0v) is 14.0. The van der Waals surface area contributed by atoms with Gasteiger partial charge in [0, 0.05) is 36.6 Å². The first kappa shape index (κ1) is 16.3. The van der Waals surface area contributed by atoms with Crippen molar-refractivity contribution in [3.8, 4) is 0 Å². The molecule has 6 nitrogen and oxygen atoms in total. The fraction of sp³-hybridized carbons (Fsp3) is 0.333. The number of hydrogen-bond acceptors (Lipinski definition) is 3. The van der Waals surface area contributed by atoms with Crippen LogP contribution in [0.1, 0.15) is 0 Å². The molecule has 1 aliphatic rings. The molecule has 2 aromatic rings. The van der Waals surface area contributed by atoms with E-state index in [4.69, 9.17) is 0 Å². The number of rotatable bonds is 4. The number of H-pyrrole nitrogens is 1. The number of carbonyl (C=O) groups is 2. The predicted molar refractivity (Wildman–Crippen MR) is 94.9 cm³/mol. The zero-order valence-electron chi connectivity index (χ0n) is 14.0. The first-order valence-corrected chi connectivity index (χ1v) is 8.03. The van der Waals surface area contributed by atoms with Crippen LogP contribution in [0.15, 0.2) is 42.5 Å². The fourth-order valence-electron chi connectivity index (χ4n) is 2.79. The number of carbonyl (C=O) groups excluding carboxylic acids is 2. The Labute approximate surface area is 141 Å². The van der Waals surface area contributed by atoms with Gasteiger partial charge in [0.05, 0.1) is 0 Å². The number of aromatic nitrogens is 1. The van der Waals surface area contributed by atoms with Gasteiger partial charge in [-0.1, -0.05) is 24.3 Å². The third-order valence-electron chi connectivity index (χ3n) is 4.07. The Kier molecular flexibility index (Phi) is 4.66. The molecule has 1 N–H and O–H groups in total. The van der Waals surface area contributed by atoms with E-state index in [1.54, 1.807) is 15.9 Å². The van der Waals surface area contributed by atoms with Crippen molar-refractivity contribution in [3.05, 3.63) is 42.5 Å². The highest BCUT2D eigenvalue weighted by molar-refractivity contribution is 6.00. The van der Waals surface area contributed by atoms with E-state index in [9.17, 15) is 9.59 Å². The standard InChI is InChI=1S/C18H22N4O2/c1-20(2)9-5-8-17(23)21-10-11-22(18(24)13-21)16-12-14-6-3-4-7-15(14)19-16/h3-8,12,19H,9-11,13H2,1-2H3/b8-5+. The molecule has 1 aliphatic heterocycles. The number of hydrogen-bond donors (Lipinski definition) is 1. The Morgan fingerprint density at radius 3 is 2.79 bits per heavy atom. The topological polar surface area (TPSA) is 59.7 Å². The molecule has 0 spiro atoms. The van der Waals surface area contributed by atoms with Gasteiger partial charge < -0.3 is 14.8 Å². The van der Waals surface area contributed by atoms with Gasteiger partial charge in [-0.3, -0.25) is 14.5 Å². The molecule has 1 fully saturated rings. The average Bonchev–Trinajstić information content (AvgIpc) is 2.97. The van der Waals surface area contributed by atoms with E-state index in [0.717, 1.165) is 16.7 Å². The summed E-state index contributed by atoms with van der Waals surface area (Å²) in [7, 11) is 3.88. The van der Waals surface area contributed by atoms with E-state index < -0.39 is 0 Å². The number of piperazine rings is 1. The van der Waals surface area contributed by atoms with E-state index in [-0.39, 0.29) is 18.4 Å². The van der Waals surface area contributed by atoms with Gasteiger partial charge in [-0.25, -0.2) is 0 Å². The highest BCUT2D eigenvalue weighted by atomic mass is 16.2. The zero-order chi connectivity index (χ0) is 17.1. The fourth-order valence-corrected chi connectivity index (χ4v) is 2.79. The molecular weight excluding hydrogens is 304 g/mol. The minimum absolute atomic E-state index is 0.0674. The van der Waals surface area contributed by atoms with Crippen molar-refractivity contribution in [1.29, 1.82) is 0 Å². The van der Waals surface area contributed by atoms with Crippen molar-refractivity contribution in [1.82, 2.24) is 14.8 Å². The Hall–Kier alpha value is -2.60. The minimum Gasteiger partial charge on any atom is -0.341 e. The van der Waals surface area contributed by atoms with Crippen molar-refractivity contribution in [3.63, 3.8) is 0 Å². The van der Waals surface area contributed by atoms with Crippen LogP contribution in [0.2, 0.25) is 0 Å². The van der Waals surface area contributed by atoms with Crippen LogP contribution in [0.3, 0.4) is 0 Å². The highest BCUT2D eigenvalue weighted by Crippen LogP contribution is 2.23. The van der Waals surface area contributed by atoms with Crippen molar-refractivity contribution in [2.24, 2.45) is 0 Å². The molecule has 0 aliphatic carbocycles. The van der Waals surface area contributed by atoms with E-state index >= 15 is 0 Å². The maximum absolute atomic E-state index is 12.4. The normalized spacial score (nSPS) is 15.9. The summed E-state index contributed by atoms with van der Waals surface area (Å²) in [5, 5.41) is 1.07. The second kappa shape index (κ2) is 6.88. The number of para-hydroxylation sites is 1. The molecule has 0 bridgehead atoms. The van der Waals surface area contributed by atoms with Crippen LogP contribution in [-0.4, -0.2) is 66.9 Å². The number of fused-ring (bicyclic) bond motifs is 1. The maximum Gasteiger partial charge on any atom is 0.247 e. The van der Waals surface area contributed by atoms with Crippen molar-refractivity contribution in [2.75, 3.05) is 45.2 Å². The Bertz CT molecular complexity index is 745. The number of benzene rings is 1.